The summed E-state index contributed by atoms with van der Waals surface area (Å²) in [5.74, 6) is 0.910. The van der Waals surface area contributed by atoms with Crippen LogP contribution in [-0.2, 0) is 6.42 Å². The minimum atomic E-state index is 0.244. The summed E-state index contributed by atoms with van der Waals surface area (Å²) in [5, 5.41) is 0. The van der Waals surface area contributed by atoms with Crippen LogP contribution in [0.4, 0.5) is 0 Å². The Morgan fingerprint density at radius 3 is 2.38 bits per heavy atom. The van der Waals surface area contributed by atoms with Gasteiger partial charge in [0.05, 0.1) is 6.54 Å². The predicted molar refractivity (Wildman–Crippen MR) is 65.8 cm³/mol. The van der Waals surface area contributed by atoms with E-state index < -0.39 is 0 Å². The van der Waals surface area contributed by atoms with Gasteiger partial charge in [-0.15, -0.1) is 0 Å². The second-order valence-electron chi connectivity index (χ2n) is 4.99. The molecule has 0 unspecified atom stereocenters. The molecule has 2 nitrogen and oxygen atoms in total. The van der Waals surface area contributed by atoms with Crippen molar-refractivity contribution in [1.29, 1.82) is 0 Å². The highest BCUT2D eigenvalue weighted by Gasteiger charge is 2.20. The molecule has 2 heteroatoms. The number of benzene rings is 1. The standard InChI is InChI=1S/C14H19NO/c1-11(2)9-12-3-5-13(6-4-12)14(16)10-15-7-8-15/h3-6,11H,7-10H2,1-2H3. The maximum atomic E-state index is 11.8. The number of rotatable bonds is 5. The molecule has 0 saturated carbocycles. The lowest BCUT2D eigenvalue weighted by atomic mass is 10.0. The quantitative estimate of drug-likeness (QED) is 0.557. The molecule has 0 N–H and O–H groups in total. The van der Waals surface area contributed by atoms with Crippen LogP contribution in [0, 0.1) is 5.92 Å². The van der Waals surface area contributed by atoms with E-state index >= 15 is 0 Å². The Bertz CT molecular complexity index is 363. The van der Waals surface area contributed by atoms with Gasteiger partial charge >= 0.3 is 0 Å². The maximum Gasteiger partial charge on any atom is 0.176 e. The summed E-state index contributed by atoms with van der Waals surface area (Å²) < 4.78 is 0. The summed E-state index contributed by atoms with van der Waals surface area (Å²) in [6, 6.07) is 8.08. The zero-order valence-electron chi connectivity index (χ0n) is 10.1. The second-order valence-corrected chi connectivity index (χ2v) is 4.99. The van der Waals surface area contributed by atoms with E-state index in [2.05, 4.69) is 30.9 Å². The van der Waals surface area contributed by atoms with Gasteiger partial charge in [-0.2, -0.15) is 0 Å². The van der Waals surface area contributed by atoms with Crippen molar-refractivity contribution in [2.24, 2.45) is 5.92 Å². The Morgan fingerprint density at radius 1 is 1.25 bits per heavy atom. The molecule has 1 fully saturated rings. The van der Waals surface area contributed by atoms with Gasteiger partial charge in [0.1, 0.15) is 0 Å². The van der Waals surface area contributed by atoms with Crippen LogP contribution in [0.1, 0.15) is 29.8 Å². The normalized spacial score (nSPS) is 15.4. The van der Waals surface area contributed by atoms with Gasteiger partial charge in [0, 0.05) is 18.7 Å². The Morgan fingerprint density at radius 2 is 1.88 bits per heavy atom. The van der Waals surface area contributed by atoms with Crippen LogP contribution in [0.5, 0.6) is 0 Å². The molecule has 0 aliphatic carbocycles. The smallest absolute Gasteiger partial charge is 0.176 e. The molecule has 1 aromatic carbocycles. The van der Waals surface area contributed by atoms with Crippen molar-refractivity contribution in [3.63, 3.8) is 0 Å². The Labute approximate surface area is 97.3 Å². The second kappa shape index (κ2) is 4.79. The molecule has 0 bridgehead atoms. The lowest BCUT2D eigenvalue weighted by molar-refractivity contribution is 0.0974. The lowest BCUT2D eigenvalue weighted by Gasteiger charge is -2.06. The lowest BCUT2D eigenvalue weighted by Crippen LogP contribution is -2.13. The average Bonchev–Trinajstić information content (AvgIpc) is 3.01. The number of hydrogen-bond acceptors (Lipinski definition) is 2. The summed E-state index contributed by atoms with van der Waals surface area (Å²) >= 11 is 0. The summed E-state index contributed by atoms with van der Waals surface area (Å²) in [6.07, 6.45) is 1.08. The highest BCUT2D eigenvalue weighted by molar-refractivity contribution is 5.97. The van der Waals surface area contributed by atoms with E-state index in [0.29, 0.717) is 12.5 Å². The van der Waals surface area contributed by atoms with Crippen molar-refractivity contribution in [1.82, 2.24) is 4.90 Å². The molecule has 1 saturated heterocycles. The van der Waals surface area contributed by atoms with Crippen LogP contribution in [0.2, 0.25) is 0 Å². The summed E-state index contributed by atoms with van der Waals surface area (Å²) in [4.78, 5) is 13.9. The molecule has 0 atom stereocenters. The highest BCUT2D eigenvalue weighted by atomic mass is 16.1. The third-order valence-corrected chi connectivity index (χ3v) is 2.83. The number of nitrogens with zero attached hydrogens (tertiary/aromatic N) is 1. The summed E-state index contributed by atoms with van der Waals surface area (Å²) in [6.45, 7) is 7.16. The Hall–Kier alpha value is -1.15. The first-order valence-corrected chi connectivity index (χ1v) is 5.99. The molecule has 2 rings (SSSR count). The molecule has 1 heterocycles. The van der Waals surface area contributed by atoms with Crippen LogP contribution >= 0.6 is 0 Å². The van der Waals surface area contributed by atoms with Crippen molar-refractivity contribution in [3.05, 3.63) is 35.4 Å². The van der Waals surface area contributed by atoms with Gasteiger partial charge in [-0.05, 0) is 17.9 Å². The fourth-order valence-corrected chi connectivity index (χ4v) is 1.82. The molecule has 86 valence electrons. The third-order valence-electron chi connectivity index (χ3n) is 2.83. The molecule has 1 aromatic rings. The maximum absolute atomic E-state index is 11.8. The van der Waals surface area contributed by atoms with Crippen LogP contribution in [0.3, 0.4) is 0 Å². The van der Waals surface area contributed by atoms with Gasteiger partial charge in [0.15, 0.2) is 5.78 Å². The van der Waals surface area contributed by atoms with Crippen molar-refractivity contribution in [2.45, 2.75) is 20.3 Å². The van der Waals surface area contributed by atoms with E-state index in [0.717, 1.165) is 25.1 Å². The average molecular weight is 217 g/mol. The molecular weight excluding hydrogens is 198 g/mol. The van der Waals surface area contributed by atoms with E-state index in [1.165, 1.54) is 5.56 Å². The fourth-order valence-electron chi connectivity index (χ4n) is 1.82. The highest BCUT2D eigenvalue weighted by Crippen LogP contribution is 2.12. The zero-order chi connectivity index (χ0) is 11.5. The van der Waals surface area contributed by atoms with E-state index in [-0.39, 0.29) is 5.78 Å². The Balaban J connectivity index is 1.97. The van der Waals surface area contributed by atoms with Gasteiger partial charge in [-0.1, -0.05) is 38.1 Å². The van der Waals surface area contributed by atoms with E-state index in [1.54, 1.807) is 0 Å². The largest absolute Gasteiger partial charge is 0.293 e. The molecule has 0 amide bonds. The number of carbonyl (C=O) groups is 1. The van der Waals surface area contributed by atoms with Gasteiger partial charge < -0.3 is 0 Å². The van der Waals surface area contributed by atoms with Crippen LogP contribution in [0.15, 0.2) is 24.3 Å². The number of hydrogen-bond donors (Lipinski definition) is 0. The van der Waals surface area contributed by atoms with Gasteiger partial charge in [0.25, 0.3) is 0 Å². The number of carbonyl (C=O) groups excluding carboxylic acids is 1. The SMILES string of the molecule is CC(C)Cc1ccc(C(=O)CN2CC2)cc1. The van der Waals surface area contributed by atoms with E-state index in [1.807, 2.05) is 12.1 Å². The van der Waals surface area contributed by atoms with Crippen molar-refractivity contribution >= 4 is 5.78 Å². The monoisotopic (exact) mass is 217 g/mol. The van der Waals surface area contributed by atoms with Crippen molar-refractivity contribution in [3.8, 4) is 0 Å². The minimum absolute atomic E-state index is 0.244. The van der Waals surface area contributed by atoms with Gasteiger partial charge in [-0.25, -0.2) is 0 Å². The van der Waals surface area contributed by atoms with Gasteiger partial charge in [0.2, 0.25) is 0 Å². The summed E-state index contributed by atoms with van der Waals surface area (Å²) in [7, 11) is 0. The molecule has 0 spiro atoms. The number of Topliss-reactive ketones (excluding diaryl/α,β-unsaturated/α-hetero) is 1. The topological polar surface area (TPSA) is 20.1 Å². The van der Waals surface area contributed by atoms with Gasteiger partial charge in [-0.3, -0.25) is 9.69 Å². The molecule has 0 radical (unpaired) electrons. The summed E-state index contributed by atoms with van der Waals surface area (Å²) in [5.41, 5.74) is 2.16. The zero-order valence-corrected chi connectivity index (χ0v) is 10.1. The van der Waals surface area contributed by atoms with Crippen molar-refractivity contribution < 1.29 is 4.79 Å². The van der Waals surface area contributed by atoms with Crippen LogP contribution in [-0.4, -0.2) is 30.3 Å². The first kappa shape index (κ1) is 11.3. The molecule has 16 heavy (non-hydrogen) atoms. The fraction of sp³-hybridized carbons (Fsp3) is 0.500. The molecule has 0 aromatic heterocycles. The minimum Gasteiger partial charge on any atom is -0.293 e. The van der Waals surface area contributed by atoms with Crippen molar-refractivity contribution in [2.75, 3.05) is 19.6 Å². The first-order valence-electron chi connectivity index (χ1n) is 5.99. The number of ketones is 1. The van der Waals surface area contributed by atoms with E-state index in [4.69, 9.17) is 0 Å². The van der Waals surface area contributed by atoms with E-state index in [9.17, 15) is 4.79 Å². The van der Waals surface area contributed by atoms with Crippen LogP contribution in [0.25, 0.3) is 0 Å². The van der Waals surface area contributed by atoms with Crippen LogP contribution < -0.4 is 0 Å². The molecular formula is C14H19NO. The third kappa shape index (κ3) is 3.17. The first-order chi connectivity index (χ1) is 7.65. The predicted octanol–water partition coefficient (Wildman–Crippen LogP) is 2.38. The Kier molecular flexibility index (Phi) is 3.39. The molecule has 1 aliphatic heterocycles. The molecule has 1 aliphatic rings.